The van der Waals surface area contributed by atoms with Gasteiger partial charge in [-0.2, -0.15) is 0 Å². The highest BCUT2D eigenvalue weighted by molar-refractivity contribution is 5.93. The maximum absolute atomic E-state index is 12.6. The summed E-state index contributed by atoms with van der Waals surface area (Å²) >= 11 is 0. The molecule has 0 saturated heterocycles. The Labute approximate surface area is 166 Å². The van der Waals surface area contributed by atoms with Crippen LogP contribution in [0.15, 0.2) is 30.3 Å². The van der Waals surface area contributed by atoms with Gasteiger partial charge in [0.05, 0.1) is 12.5 Å². The van der Waals surface area contributed by atoms with Crippen LogP contribution in [-0.2, 0) is 30.4 Å². The predicted molar refractivity (Wildman–Crippen MR) is 100 cm³/mol. The summed E-state index contributed by atoms with van der Waals surface area (Å²) in [6.45, 7) is 0. The molecular weight excluding hydrogens is 384 g/mol. The summed E-state index contributed by atoms with van der Waals surface area (Å²) in [5, 5.41) is 22.4. The maximum atomic E-state index is 12.6. The van der Waals surface area contributed by atoms with Crippen LogP contribution >= 0.6 is 0 Å². The number of nitrogens with one attached hydrogen (secondary N) is 2. The van der Waals surface area contributed by atoms with Crippen molar-refractivity contribution in [3.05, 3.63) is 35.9 Å². The van der Waals surface area contributed by atoms with Crippen molar-refractivity contribution in [1.29, 1.82) is 0 Å². The van der Waals surface area contributed by atoms with Crippen LogP contribution in [0, 0.1) is 0 Å². The number of hydrogen-bond acceptors (Lipinski definition) is 6. The molecule has 0 bridgehead atoms. The van der Waals surface area contributed by atoms with Gasteiger partial charge in [0.15, 0.2) is 0 Å². The average molecular weight is 408 g/mol. The predicted octanol–water partition coefficient (Wildman–Crippen LogP) is -1.65. The van der Waals surface area contributed by atoms with Crippen molar-refractivity contribution in [2.75, 3.05) is 0 Å². The van der Waals surface area contributed by atoms with Crippen molar-refractivity contribution in [2.24, 2.45) is 11.5 Å². The van der Waals surface area contributed by atoms with E-state index in [4.69, 9.17) is 21.7 Å². The summed E-state index contributed by atoms with van der Waals surface area (Å²) in [5.41, 5.74) is 11.3. The fourth-order valence-electron chi connectivity index (χ4n) is 2.42. The number of carboxylic acid groups (broad SMARTS) is 2. The molecule has 0 heterocycles. The monoisotopic (exact) mass is 408 g/mol. The van der Waals surface area contributed by atoms with Crippen molar-refractivity contribution in [2.45, 2.75) is 43.8 Å². The number of carboxylic acids is 2. The Hall–Kier alpha value is -3.47. The third kappa shape index (κ3) is 8.84. The van der Waals surface area contributed by atoms with E-state index in [-0.39, 0.29) is 19.3 Å². The molecule has 0 aliphatic carbocycles. The van der Waals surface area contributed by atoms with Crippen molar-refractivity contribution in [3.63, 3.8) is 0 Å². The lowest BCUT2D eigenvalue weighted by Crippen LogP contribution is -2.55. The third-order valence-electron chi connectivity index (χ3n) is 3.94. The molecule has 0 unspecified atom stereocenters. The van der Waals surface area contributed by atoms with Gasteiger partial charge in [-0.05, 0) is 12.0 Å². The Morgan fingerprint density at radius 2 is 1.52 bits per heavy atom. The second-order valence-corrected chi connectivity index (χ2v) is 6.36. The van der Waals surface area contributed by atoms with Crippen molar-refractivity contribution in [3.8, 4) is 0 Å². The Morgan fingerprint density at radius 1 is 0.931 bits per heavy atom. The Kier molecular flexibility index (Phi) is 9.26. The van der Waals surface area contributed by atoms with E-state index < -0.39 is 54.2 Å². The summed E-state index contributed by atoms with van der Waals surface area (Å²) < 4.78 is 0. The highest BCUT2D eigenvalue weighted by atomic mass is 16.4. The average Bonchev–Trinajstić information content (AvgIpc) is 2.65. The van der Waals surface area contributed by atoms with Crippen LogP contribution in [0.1, 0.15) is 24.8 Å². The molecule has 0 aromatic heterocycles. The first-order valence-corrected chi connectivity index (χ1v) is 8.73. The Bertz CT molecular complexity index is 754. The summed E-state index contributed by atoms with van der Waals surface area (Å²) in [6.07, 6.45) is -1.07. The molecule has 1 aromatic rings. The summed E-state index contributed by atoms with van der Waals surface area (Å²) in [6, 6.07) is 4.68. The second-order valence-electron chi connectivity index (χ2n) is 6.36. The van der Waals surface area contributed by atoms with Gasteiger partial charge in [0.25, 0.3) is 0 Å². The molecule has 8 N–H and O–H groups in total. The molecule has 0 aliphatic rings. The highest BCUT2D eigenvalue weighted by Gasteiger charge is 2.29. The molecule has 1 rings (SSSR count). The number of hydrogen-bond donors (Lipinski definition) is 6. The molecule has 0 aliphatic heterocycles. The van der Waals surface area contributed by atoms with E-state index in [1.807, 2.05) is 0 Å². The molecule has 158 valence electrons. The van der Waals surface area contributed by atoms with E-state index in [9.17, 15) is 24.0 Å². The molecule has 0 radical (unpaired) electrons. The molecule has 3 amide bonds. The van der Waals surface area contributed by atoms with E-state index in [1.165, 1.54) is 0 Å². The van der Waals surface area contributed by atoms with Crippen LogP contribution < -0.4 is 22.1 Å². The topological polar surface area (TPSA) is 202 Å². The molecule has 0 fully saturated rings. The van der Waals surface area contributed by atoms with Crippen molar-refractivity contribution in [1.82, 2.24) is 10.6 Å². The van der Waals surface area contributed by atoms with Crippen molar-refractivity contribution < 1.29 is 34.2 Å². The Morgan fingerprint density at radius 3 is 2.03 bits per heavy atom. The number of rotatable bonds is 12. The van der Waals surface area contributed by atoms with Crippen LogP contribution in [0.4, 0.5) is 0 Å². The highest BCUT2D eigenvalue weighted by Crippen LogP contribution is 2.06. The van der Waals surface area contributed by atoms with Gasteiger partial charge in [0.2, 0.25) is 17.7 Å². The summed E-state index contributed by atoms with van der Waals surface area (Å²) in [5.74, 6) is -5.11. The molecule has 1 aromatic carbocycles. The molecule has 11 nitrogen and oxygen atoms in total. The number of nitrogens with two attached hydrogens (primary N) is 2. The standard InChI is InChI=1S/C18H24N4O7/c19-11(6-7-15(24)25)16(26)21-12(8-10-4-2-1-3-5-10)17(27)22-13(18(28)29)9-14(20)23/h1-5,11-13H,6-9,19H2,(H2,20,23)(H,21,26)(H,22,27)(H,24,25)(H,28,29)/t11-,12-,13-/m0/s1. The van der Waals surface area contributed by atoms with Gasteiger partial charge < -0.3 is 32.3 Å². The third-order valence-corrected chi connectivity index (χ3v) is 3.94. The number of carbonyl (C=O) groups is 5. The van der Waals surface area contributed by atoms with Gasteiger partial charge in [-0.15, -0.1) is 0 Å². The molecule has 29 heavy (non-hydrogen) atoms. The van der Waals surface area contributed by atoms with Gasteiger partial charge in [-0.3, -0.25) is 19.2 Å². The largest absolute Gasteiger partial charge is 0.481 e. The first-order valence-electron chi connectivity index (χ1n) is 8.73. The molecule has 0 saturated carbocycles. The number of primary amides is 1. The van der Waals surface area contributed by atoms with Gasteiger partial charge in [-0.1, -0.05) is 30.3 Å². The van der Waals surface area contributed by atoms with Crippen LogP contribution in [0.3, 0.4) is 0 Å². The van der Waals surface area contributed by atoms with Crippen LogP contribution in [0.25, 0.3) is 0 Å². The maximum Gasteiger partial charge on any atom is 0.326 e. The number of amides is 3. The lowest BCUT2D eigenvalue weighted by atomic mass is 10.0. The fraction of sp³-hybridized carbons (Fsp3) is 0.389. The molecule has 11 heteroatoms. The van der Waals surface area contributed by atoms with E-state index in [2.05, 4.69) is 10.6 Å². The van der Waals surface area contributed by atoms with Gasteiger partial charge in [0, 0.05) is 12.8 Å². The number of carbonyl (C=O) groups excluding carboxylic acids is 3. The summed E-state index contributed by atoms with van der Waals surface area (Å²) in [4.78, 5) is 57.7. The zero-order chi connectivity index (χ0) is 22.0. The number of benzene rings is 1. The van der Waals surface area contributed by atoms with Gasteiger partial charge in [0.1, 0.15) is 12.1 Å². The molecular formula is C18H24N4O7. The first kappa shape index (κ1) is 23.6. The van der Waals surface area contributed by atoms with Crippen LogP contribution in [0.5, 0.6) is 0 Å². The minimum Gasteiger partial charge on any atom is -0.481 e. The van der Waals surface area contributed by atoms with E-state index in [0.29, 0.717) is 5.56 Å². The second kappa shape index (κ2) is 11.4. The van der Waals surface area contributed by atoms with Crippen LogP contribution in [-0.4, -0.2) is 58.0 Å². The zero-order valence-electron chi connectivity index (χ0n) is 15.5. The molecule has 3 atom stereocenters. The van der Waals surface area contributed by atoms with Crippen LogP contribution in [0.2, 0.25) is 0 Å². The minimum atomic E-state index is -1.56. The SMILES string of the molecule is NC(=O)C[C@H](NC(=O)[C@H](Cc1ccccc1)NC(=O)[C@@H](N)CCC(=O)O)C(=O)O. The zero-order valence-corrected chi connectivity index (χ0v) is 15.5. The van der Waals surface area contributed by atoms with E-state index in [1.54, 1.807) is 30.3 Å². The Balaban J connectivity index is 2.93. The minimum absolute atomic E-state index is 0.0208. The lowest BCUT2D eigenvalue weighted by molar-refractivity contribution is -0.143. The van der Waals surface area contributed by atoms with Gasteiger partial charge >= 0.3 is 11.9 Å². The van der Waals surface area contributed by atoms with E-state index in [0.717, 1.165) is 0 Å². The number of aliphatic carboxylic acids is 2. The van der Waals surface area contributed by atoms with Crippen molar-refractivity contribution >= 4 is 29.7 Å². The normalized spacial score (nSPS) is 13.6. The fourth-order valence-corrected chi connectivity index (χ4v) is 2.42. The van der Waals surface area contributed by atoms with Gasteiger partial charge in [-0.25, -0.2) is 4.79 Å². The summed E-state index contributed by atoms with van der Waals surface area (Å²) in [7, 11) is 0. The first-order chi connectivity index (χ1) is 13.6. The van der Waals surface area contributed by atoms with E-state index >= 15 is 0 Å². The molecule has 0 spiro atoms. The lowest BCUT2D eigenvalue weighted by Gasteiger charge is -2.22. The smallest absolute Gasteiger partial charge is 0.326 e. The quantitative estimate of drug-likeness (QED) is 0.236.